The van der Waals surface area contributed by atoms with Gasteiger partial charge in [-0.05, 0) is 6.42 Å². The fourth-order valence-corrected chi connectivity index (χ4v) is 2.22. The molecule has 0 spiro atoms. The van der Waals surface area contributed by atoms with Gasteiger partial charge >= 0.3 is 0 Å². The van der Waals surface area contributed by atoms with Crippen molar-refractivity contribution < 1.29 is 0 Å². The SMILES string of the molecule is CCc1nc(C(C)C)sc1CC#N. The summed E-state index contributed by atoms with van der Waals surface area (Å²) in [6.07, 6.45) is 1.44. The number of aryl methyl sites for hydroxylation is 1. The van der Waals surface area contributed by atoms with Crippen LogP contribution in [0.5, 0.6) is 0 Å². The predicted octanol–water partition coefficient (Wildman–Crippen LogP) is 2.89. The monoisotopic (exact) mass is 194 g/mol. The molecular weight excluding hydrogens is 180 g/mol. The van der Waals surface area contributed by atoms with Crippen LogP contribution in [0.2, 0.25) is 0 Å². The van der Waals surface area contributed by atoms with Crippen LogP contribution < -0.4 is 0 Å². The summed E-state index contributed by atoms with van der Waals surface area (Å²) >= 11 is 1.68. The van der Waals surface area contributed by atoms with Gasteiger partial charge in [-0.25, -0.2) is 4.98 Å². The molecule has 0 unspecified atom stereocenters. The molecule has 0 saturated heterocycles. The summed E-state index contributed by atoms with van der Waals surface area (Å²) in [6, 6.07) is 2.18. The van der Waals surface area contributed by atoms with Crippen molar-refractivity contribution in [2.45, 2.75) is 39.5 Å². The molecule has 2 nitrogen and oxygen atoms in total. The van der Waals surface area contributed by atoms with Crippen molar-refractivity contribution in [3.8, 4) is 6.07 Å². The molecule has 0 saturated carbocycles. The van der Waals surface area contributed by atoms with E-state index >= 15 is 0 Å². The molecule has 0 atom stereocenters. The van der Waals surface area contributed by atoms with Crippen LogP contribution in [0.25, 0.3) is 0 Å². The Labute approximate surface area is 83.2 Å². The van der Waals surface area contributed by atoms with E-state index in [0.29, 0.717) is 12.3 Å². The van der Waals surface area contributed by atoms with E-state index < -0.39 is 0 Å². The largest absolute Gasteiger partial charge is 0.246 e. The fourth-order valence-electron chi connectivity index (χ4n) is 1.14. The van der Waals surface area contributed by atoms with E-state index in [1.165, 1.54) is 0 Å². The van der Waals surface area contributed by atoms with Gasteiger partial charge in [0.15, 0.2) is 0 Å². The van der Waals surface area contributed by atoms with Gasteiger partial charge in [-0.3, -0.25) is 0 Å². The minimum Gasteiger partial charge on any atom is -0.246 e. The summed E-state index contributed by atoms with van der Waals surface area (Å²) in [7, 11) is 0. The van der Waals surface area contributed by atoms with Gasteiger partial charge in [0.1, 0.15) is 0 Å². The number of thiazole rings is 1. The maximum absolute atomic E-state index is 8.62. The molecule has 0 bridgehead atoms. The van der Waals surface area contributed by atoms with Gasteiger partial charge in [0.05, 0.1) is 23.2 Å². The lowest BCUT2D eigenvalue weighted by molar-refractivity contribution is 0.838. The molecule has 0 fully saturated rings. The first kappa shape index (κ1) is 10.2. The van der Waals surface area contributed by atoms with E-state index in [-0.39, 0.29) is 0 Å². The molecule has 13 heavy (non-hydrogen) atoms. The molecule has 0 aliphatic carbocycles. The zero-order valence-electron chi connectivity index (χ0n) is 8.29. The average molecular weight is 194 g/mol. The fraction of sp³-hybridized carbons (Fsp3) is 0.600. The van der Waals surface area contributed by atoms with E-state index in [1.807, 2.05) is 0 Å². The zero-order chi connectivity index (χ0) is 9.84. The van der Waals surface area contributed by atoms with Crippen LogP contribution in [0.1, 0.15) is 42.3 Å². The Kier molecular flexibility index (Phi) is 3.44. The molecule has 0 N–H and O–H groups in total. The van der Waals surface area contributed by atoms with Crippen molar-refractivity contribution in [1.29, 1.82) is 5.26 Å². The number of hydrogen-bond donors (Lipinski definition) is 0. The van der Waals surface area contributed by atoms with Crippen molar-refractivity contribution in [1.82, 2.24) is 4.98 Å². The highest BCUT2D eigenvalue weighted by Gasteiger charge is 2.11. The van der Waals surface area contributed by atoms with Crippen molar-refractivity contribution >= 4 is 11.3 Å². The molecule has 1 aromatic heterocycles. The van der Waals surface area contributed by atoms with E-state index in [1.54, 1.807) is 11.3 Å². The van der Waals surface area contributed by atoms with Crippen LogP contribution in [-0.4, -0.2) is 4.98 Å². The molecule has 1 aromatic rings. The Morgan fingerprint density at radius 3 is 2.69 bits per heavy atom. The summed E-state index contributed by atoms with van der Waals surface area (Å²) in [5.74, 6) is 0.475. The van der Waals surface area contributed by atoms with Crippen molar-refractivity contribution in [2.24, 2.45) is 0 Å². The van der Waals surface area contributed by atoms with Gasteiger partial charge in [0.2, 0.25) is 0 Å². The van der Waals surface area contributed by atoms with Crippen LogP contribution in [0, 0.1) is 11.3 Å². The maximum atomic E-state index is 8.62. The van der Waals surface area contributed by atoms with Crippen LogP contribution in [0.15, 0.2) is 0 Å². The Balaban J connectivity index is 2.98. The highest BCUT2D eigenvalue weighted by Crippen LogP contribution is 2.25. The number of aromatic nitrogens is 1. The lowest BCUT2D eigenvalue weighted by Gasteiger charge is -1.95. The van der Waals surface area contributed by atoms with Crippen LogP contribution in [-0.2, 0) is 12.8 Å². The first-order chi connectivity index (χ1) is 6.19. The van der Waals surface area contributed by atoms with E-state index in [9.17, 15) is 0 Å². The Hall–Kier alpha value is -0.880. The van der Waals surface area contributed by atoms with Gasteiger partial charge in [0, 0.05) is 10.8 Å². The summed E-state index contributed by atoms with van der Waals surface area (Å²) < 4.78 is 0. The lowest BCUT2D eigenvalue weighted by Crippen LogP contribution is -1.88. The summed E-state index contributed by atoms with van der Waals surface area (Å²) in [5.41, 5.74) is 1.11. The summed E-state index contributed by atoms with van der Waals surface area (Å²) in [5, 5.41) is 9.77. The van der Waals surface area contributed by atoms with E-state index in [2.05, 4.69) is 31.8 Å². The standard InChI is InChI=1S/C10H14N2S/c1-4-8-9(5-6-11)13-10(12-8)7(2)3/h7H,4-5H2,1-3H3. The van der Waals surface area contributed by atoms with E-state index in [0.717, 1.165) is 22.0 Å². The third-order valence-electron chi connectivity index (χ3n) is 1.86. The molecule has 0 aliphatic rings. The van der Waals surface area contributed by atoms with Gasteiger partial charge in [-0.2, -0.15) is 5.26 Å². The highest BCUT2D eigenvalue weighted by molar-refractivity contribution is 7.11. The highest BCUT2D eigenvalue weighted by atomic mass is 32.1. The molecule has 0 radical (unpaired) electrons. The zero-order valence-corrected chi connectivity index (χ0v) is 9.11. The van der Waals surface area contributed by atoms with Crippen molar-refractivity contribution in [3.63, 3.8) is 0 Å². The summed E-state index contributed by atoms with van der Waals surface area (Å²) in [6.45, 7) is 6.35. The topological polar surface area (TPSA) is 36.7 Å². The van der Waals surface area contributed by atoms with Crippen molar-refractivity contribution in [3.05, 3.63) is 15.6 Å². The molecule has 1 rings (SSSR count). The van der Waals surface area contributed by atoms with Gasteiger partial charge in [0.25, 0.3) is 0 Å². The van der Waals surface area contributed by atoms with E-state index in [4.69, 9.17) is 5.26 Å². The maximum Gasteiger partial charge on any atom is 0.0956 e. The second kappa shape index (κ2) is 4.38. The van der Waals surface area contributed by atoms with Gasteiger partial charge < -0.3 is 0 Å². The van der Waals surface area contributed by atoms with Crippen LogP contribution in [0.3, 0.4) is 0 Å². The third kappa shape index (κ3) is 2.28. The van der Waals surface area contributed by atoms with Crippen LogP contribution in [0.4, 0.5) is 0 Å². The first-order valence-corrected chi connectivity index (χ1v) is 5.36. The number of hydrogen-bond acceptors (Lipinski definition) is 3. The molecule has 3 heteroatoms. The number of nitrogens with zero attached hydrogens (tertiary/aromatic N) is 2. The molecule has 0 aromatic carbocycles. The Morgan fingerprint density at radius 2 is 2.23 bits per heavy atom. The number of rotatable bonds is 3. The third-order valence-corrected chi connectivity index (χ3v) is 3.26. The van der Waals surface area contributed by atoms with Gasteiger partial charge in [-0.1, -0.05) is 20.8 Å². The second-order valence-corrected chi connectivity index (χ2v) is 4.38. The van der Waals surface area contributed by atoms with Crippen molar-refractivity contribution in [2.75, 3.05) is 0 Å². The lowest BCUT2D eigenvalue weighted by atomic mass is 10.2. The molecule has 70 valence electrons. The minimum atomic E-state index is 0.475. The smallest absolute Gasteiger partial charge is 0.0956 e. The minimum absolute atomic E-state index is 0.475. The predicted molar refractivity (Wildman–Crippen MR) is 54.9 cm³/mol. The molecule has 0 amide bonds. The van der Waals surface area contributed by atoms with Crippen LogP contribution >= 0.6 is 11.3 Å². The Bertz CT molecular complexity index is 320. The second-order valence-electron chi connectivity index (χ2n) is 3.27. The molecule has 0 aliphatic heterocycles. The normalized spacial score (nSPS) is 10.4. The average Bonchev–Trinajstić information content (AvgIpc) is 2.48. The molecule has 1 heterocycles. The Morgan fingerprint density at radius 1 is 1.54 bits per heavy atom. The summed E-state index contributed by atoms with van der Waals surface area (Å²) in [4.78, 5) is 5.66. The molecular formula is C10H14N2S. The first-order valence-electron chi connectivity index (χ1n) is 4.54. The van der Waals surface area contributed by atoms with Gasteiger partial charge in [-0.15, -0.1) is 11.3 Å². The number of nitriles is 1. The quantitative estimate of drug-likeness (QED) is 0.741.